The van der Waals surface area contributed by atoms with Gasteiger partial charge in [-0.05, 0) is 13.8 Å². The van der Waals surface area contributed by atoms with E-state index in [-0.39, 0.29) is 0 Å². The molecule has 0 radical (unpaired) electrons. The predicted octanol–water partition coefficient (Wildman–Crippen LogP) is 7.53. The van der Waals surface area contributed by atoms with E-state index in [2.05, 4.69) is 74.5 Å². The molecule has 4 aliphatic rings. The van der Waals surface area contributed by atoms with E-state index in [0.29, 0.717) is 0 Å². The first-order valence-corrected chi connectivity index (χ1v) is 13.9. The van der Waals surface area contributed by atoms with Gasteiger partial charge in [0.05, 0.1) is 0 Å². The summed E-state index contributed by atoms with van der Waals surface area (Å²) in [6.07, 6.45) is 0. The van der Waals surface area contributed by atoms with Crippen molar-refractivity contribution in [2.24, 2.45) is 0 Å². The zero-order chi connectivity index (χ0) is 19.6. The minimum atomic E-state index is -1.54. The second-order valence-corrected chi connectivity index (χ2v) is 12.0. The molecule has 0 aromatic carbocycles. The van der Waals surface area contributed by atoms with Crippen molar-refractivity contribution in [3.05, 3.63) is 96.1 Å². The van der Waals surface area contributed by atoms with E-state index in [1.54, 1.807) is 0 Å². The fourth-order valence-corrected chi connectivity index (χ4v) is 2.61. The van der Waals surface area contributed by atoms with Crippen LogP contribution >= 0.6 is 18.6 Å². The number of aryl methyl sites for hydroxylation is 2. The first-order chi connectivity index (χ1) is 13.0. The van der Waals surface area contributed by atoms with Gasteiger partial charge < -0.3 is 0 Å². The molecule has 0 saturated heterocycles. The molecular formula is C24H22Cl2Ti-2. The summed E-state index contributed by atoms with van der Waals surface area (Å²) >= 11 is -1.54. The molecule has 0 unspecified atom stereocenters. The molecule has 0 aromatic rings. The summed E-state index contributed by atoms with van der Waals surface area (Å²) in [5.74, 6) is 0. The predicted molar refractivity (Wildman–Crippen MR) is 117 cm³/mol. The standard InChI is InChI=1S/2C11H9.C2H4.2ClH.Ti/c2*1-9-5-2-3-6-10-7-4-8-11(9)10;1-2;;;/h2*2-6,8H,1H3;1H,2H3;2*1H;/q2*-1;;;;+2/p-2. The van der Waals surface area contributed by atoms with Crippen molar-refractivity contribution >= 4 is 22.9 Å². The normalized spacial score (nSPS) is 9.67. The molecule has 0 heterocycles. The van der Waals surface area contributed by atoms with Crippen LogP contribution in [-0.2, 0) is 15.3 Å². The maximum Gasteiger partial charge on any atom is -0.0487 e. The van der Waals surface area contributed by atoms with Gasteiger partial charge in [0.25, 0.3) is 0 Å². The monoisotopic (exact) mass is 428 g/mol. The molecule has 27 heavy (non-hydrogen) atoms. The quantitative estimate of drug-likeness (QED) is 0.200. The minimum absolute atomic E-state index is 1.20. The second kappa shape index (κ2) is 11.4. The third-order valence-corrected chi connectivity index (χ3v) is 6.55. The second-order valence-electron chi connectivity index (χ2n) is 5.99. The zero-order valence-electron chi connectivity index (χ0n) is 15.8. The van der Waals surface area contributed by atoms with E-state index in [4.69, 9.17) is 18.6 Å². The molecule has 0 fully saturated rings. The number of hydrogen-bond donors (Lipinski definition) is 0. The molecule has 0 N–H and O–H groups in total. The van der Waals surface area contributed by atoms with Gasteiger partial charge in [0.2, 0.25) is 0 Å². The van der Waals surface area contributed by atoms with Gasteiger partial charge in [-0.15, -0.1) is 47.5 Å². The van der Waals surface area contributed by atoms with Crippen LogP contribution < -0.4 is 0 Å². The van der Waals surface area contributed by atoms with Gasteiger partial charge in [-0.2, -0.15) is 35.4 Å². The van der Waals surface area contributed by atoms with Crippen molar-refractivity contribution in [3.63, 3.8) is 0 Å². The van der Waals surface area contributed by atoms with E-state index in [0.717, 1.165) is 0 Å². The summed E-state index contributed by atoms with van der Waals surface area (Å²) in [7, 11) is 10.7. The topological polar surface area (TPSA) is 0 Å². The van der Waals surface area contributed by atoms with Crippen LogP contribution in [-0.4, -0.2) is 4.31 Å². The first kappa shape index (κ1) is 21.9. The first-order valence-electron chi connectivity index (χ1n) is 8.72. The summed E-state index contributed by atoms with van der Waals surface area (Å²) in [5.41, 5.74) is 7.63. The third-order valence-electron chi connectivity index (χ3n) is 4.07. The summed E-state index contributed by atoms with van der Waals surface area (Å²) in [4.78, 5) is 0. The Morgan fingerprint density at radius 3 is 1.44 bits per heavy atom. The van der Waals surface area contributed by atoms with Crippen LogP contribution in [0.4, 0.5) is 0 Å². The third kappa shape index (κ3) is 6.90. The SMILES string of the molecule is C[CH]=[Ti]([Cl])[Cl].Cc1ccccc2[c-]ccc1-2.Cc1ccccc2[c-]ccc1-2. The van der Waals surface area contributed by atoms with Crippen molar-refractivity contribution in [2.75, 3.05) is 0 Å². The molecular weight excluding hydrogens is 407 g/mol. The Balaban J connectivity index is 0.000000157. The average molecular weight is 429 g/mol. The number of fused-ring (bicyclic) bond motifs is 2. The number of halogens is 2. The van der Waals surface area contributed by atoms with Crippen molar-refractivity contribution in [2.45, 2.75) is 20.8 Å². The van der Waals surface area contributed by atoms with Crippen LogP contribution in [0.25, 0.3) is 22.3 Å². The molecule has 4 aliphatic carbocycles. The Hall–Kier alpha value is -1.44. The molecule has 3 heteroatoms. The summed E-state index contributed by atoms with van der Waals surface area (Å²) in [5, 5.41) is 0. The van der Waals surface area contributed by atoms with Gasteiger partial charge in [0.1, 0.15) is 0 Å². The van der Waals surface area contributed by atoms with E-state index in [1.165, 1.54) is 33.4 Å². The Morgan fingerprint density at radius 2 is 1.07 bits per heavy atom. The Kier molecular flexibility index (Phi) is 9.24. The van der Waals surface area contributed by atoms with Gasteiger partial charge >= 0.3 is 45.1 Å². The number of hydrogen-bond acceptors (Lipinski definition) is 0. The molecule has 4 rings (SSSR count). The van der Waals surface area contributed by atoms with Crippen molar-refractivity contribution in [1.29, 1.82) is 0 Å². The van der Waals surface area contributed by atoms with Crippen LogP contribution in [0.5, 0.6) is 0 Å². The maximum atomic E-state index is 5.34. The molecule has 0 nitrogen and oxygen atoms in total. The van der Waals surface area contributed by atoms with Crippen LogP contribution in [0.3, 0.4) is 0 Å². The summed E-state index contributed by atoms with van der Waals surface area (Å²) in [6.45, 7) is 6.13. The van der Waals surface area contributed by atoms with Gasteiger partial charge in [-0.25, -0.2) is 0 Å². The van der Waals surface area contributed by atoms with E-state index in [1.807, 2.05) is 35.5 Å². The summed E-state index contributed by atoms with van der Waals surface area (Å²) in [6, 6.07) is 31.1. The molecule has 0 atom stereocenters. The maximum absolute atomic E-state index is 5.34. The van der Waals surface area contributed by atoms with Crippen LogP contribution in [0.1, 0.15) is 18.1 Å². The van der Waals surface area contributed by atoms with Gasteiger partial charge in [-0.1, -0.05) is 35.4 Å². The van der Waals surface area contributed by atoms with E-state index < -0.39 is 15.3 Å². The van der Waals surface area contributed by atoms with E-state index in [9.17, 15) is 0 Å². The van der Waals surface area contributed by atoms with Crippen molar-refractivity contribution < 1.29 is 15.3 Å². The van der Waals surface area contributed by atoms with Crippen LogP contribution in [0, 0.1) is 26.0 Å². The molecule has 0 bridgehead atoms. The molecule has 0 aliphatic heterocycles. The summed E-state index contributed by atoms with van der Waals surface area (Å²) < 4.78 is 1.86. The largest absolute Gasteiger partial charge is 0.168 e. The Bertz CT molecular complexity index is 872. The minimum Gasteiger partial charge on any atom is -0.168 e. The van der Waals surface area contributed by atoms with Gasteiger partial charge in [-0.3, -0.25) is 0 Å². The van der Waals surface area contributed by atoms with Crippen LogP contribution in [0.2, 0.25) is 0 Å². The van der Waals surface area contributed by atoms with E-state index >= 15 is 0 Å². The molecule has 0 aromatic heterocycles. The van der Waals surface area contributed by atoms with Crippen LogP contribution in [0.15, 0.2) is 72.8 Å². The average Bonchev–Trinajstić information content (AvgIpc) is 3.25. The molecule has 138 valence electrons. The smallest absolute Gasteiger partial charge is 0.0487 e. The van der Waals surface area contributed by atoms with Crippen molar-refractivity contribution in [1.82, 2.24) is 0 Å². The Morgan fingerprint density at radius 1 is 0.704 bits per heavy atom. The fraction of sp³-hybridized carbons (Fsp3) is 0.125. The Labute approximate surface area is 176 Å². The van der Waals surface area contributed by atoms with Gasteiger partial charge in [0.15, 0.2) is 0 Å². The van der Waals surface area contributed by atoms with Gasteiger partial charge in [0, 0.05) is 0 Å². The molecule has 0 spiro atoms. The zero-order valence-corrected chi connectivity index (χ0v) is 18.8. The number of rotatable bonds is 0. The van der Waals surface area contributed by atoms with Crippen molar-refractivity contribution in [3.8, 4) is 22.3 Å². The molecule has 0 saturated carbocycles. The fourth-order valence-electron chi connectivity index (χ4n) is 2.61. The molecule has 0 amide bonds.